The average molecular weight is 287 g/mol. The highest BCUT2D eigenvalue weighted by atomic mass is 19.1. The number of hydrogen-bond acceptors (Lipinski definition) is 4. The Morgan fingerprint density at radius 2 is 2.05 bits per heavy atom. The molecule has 0 N–H and O–H groups in total. The summed E-state index contributed by atoms with van der Waals surface area (Å²) in [5, 5.41) is 8.00. The average Bonchev–Trinajstić information content (AvgIpc) is 2.96. The van der Waals surface area contributed by atoms with E-state index in [1.807, 2.05) is 19.1 Å². The van der Waals surface area contributed by atoms with E-state index in [1.54, 1.807) is 6.07 Å². The minimum atomic E-state index is -0.151. The van der Waals surface area contributed by atoms with Crippen molar-refractivity contribution in [2.24, 2.45) is 0 Å². The Balaban J connectivity index is 1.65. The zero-order chi connectivity index (χ0) is 14.7. The van der Waals surface area contributed by atoms with Crippen molar-refractivity contribution in [2.45, 2.75) is 26.3 Å². The van der Waals surface area contributed by atoms with Crippen LogP contribution >= 0.6 is 0 Å². The van der Waals surface area contributed by atoms with Crippen molar-refractivity contribution >= 4 is 5.57 Å². The van der Waals surface area contributed by atoms with Crippen molar-refractivity contribution in [3.05, 3.63) is 53.5 Å². The molecule has 2 heterocycles. The van der Waals surface area contributed by atoms with Crippen LogP contribution in [0.15, 0.2) is 34.8 Å². The van der Waals surface area contributed by atoms with Gasteiger partial charge < -0.3 is 4.42 Å². The van der Waals surface area contributed by atoms with Crippen molar-refractivity contribution in [3.63, 3.8) is 0 Å². The van der Waals surface area contributed by atoms with Gasteiger partial charge in [-0.3, -0.25) is 4.90 Å². The summed E-state index contributed by atoms with van der Waals surface area (Å²) in [7, 11) is 0. The predicted octanol–water partition coefficient (Wildman–Crippen LogP) is 3.06. The van der Waals surface area contributed by atoms with E-state index in [4.69, 9.17) is 4.42 Å². The van der Waals surface area contributed by atoms with E-state index < -0.39 is 0 Å². The molecule has 3 rings (SSSR count). The van der Waals surface area contributed by atoms with Gasteiger partial charge in [0.15, 0.2) is 0 Å². The van der Waals surface area contributed by atoms with E-state index in [-0.39, 0.29) is 5.82 Å². The number of halogens is 1. The van der Waals surface area contributed by atoms with E-state index in [0.717, 1.165) is 31.5 Å². The van der Waals surface area contributed by atoms with Crippen molar-refractivity contribution in [2.75, 3.05) is 13.1 Å². The molecular formula is C16H18FN3O. The second-order valence-corrected chi connectivity index (χ2v) is 5.14. The molecule has 0 bridgehead atoms. The van der Waals surface area contributed by atoms with Crippen molar-refractivity contribution < 1.29 is 8.81 Å². The SMILES string of the molecule is CCc1nnc(CN2CC=C(c3ccccc3F)CC2)o1. The third kappa shape index (κ3) is 3.19. The van der Waals surface area contributed by atoms with Gasteiger partial charge in [0.05, 0.1) is 6.54 Å². The molecule has 0 radical (unpaired) electrons. The number of hydrogen-bond donors (Lipinski definition) is 0. The Labute approximate surface area is 123 Å². The molecule has 1 aromatic heterocycles. The molecule has 0 unspecified atom stereocenters. The molecule has 0 atom stereocenters. The van der Waals surface area contributed by atoms with Crippen LogP contribution in [-0.2, 0) is 13.0 Å². The molecule has 0 aliphatic carbocycles. The third-order valence-electron chi connectivity index (χ3n) is 3.68. The highest BCUT2D eigenvalue weighted by Gasteiger charge is 2.17. The molecule has 1 aliphatic rings. The summed E-state index contributed by atoms with van der Waals surface area (Å²) in [5.74, 6) is 1.17. The van der Waals surface area contributed by atoms with Gasteiger partial charge in [-0.15, -0.1) is 10.2 Å². The van der Waals surface area contributed by atoms with Gasteiger partial charge in [0.2, 0.25) is 11.8 Å². The van der Waals surface area contributed by atoms with Crippen LogP contribution in [0.1, 0.15) is 30.7 Å². The van der Waals surface area contributed by atoms with Crippen molar-refractivity contribution in [3.8, 4) is 0 Å². The Morgan fingerprint density at radius 3 is 2.71 bits per heavy atom. The molecule has 0 fully saturated rings. The molecule has 0 saturated heterocycles. The maximum Gasteiger partial charge on any atom is 0.230 e. The van der Waals surface area contributed by atoms with Gasteiger partial charge in [0.25, 0.3) is 0 Å². The number of benzene rings is 1. The highest BCUT2D eigenvalue weighted by molar-refractivity contribution is 5.66. The molecule has 21 heavy (non-hydrogen) atoms. The molecule has 1 aromatic carbocycles. The number of aromatic nitrogens is 2. The zero-order valence-electron chi connectivity index (χ0n) is 12.1. The van der Waals surface area contributed by atoms with E-state index in [1.165, 1.54) is 6.07 Å². The monoisotopic (exact) mass is 287 g/mol. The van der Waals surface area contributed by atoms with Gasteiger partial charge in [0, 0.05) is 25.1 Å². The Hall–Kier alpha value is -2.01. The zero-order valence-corrected chi connectivity index (χ0v) is 12.1. The predicted molar refractivity (Wildman–Crippen MR) is 77.9 cm³/mol. The van der Waals surface area contributed by atoms with Gasteiger partial charge in [-0.1, -0.05) is 31.2 Å². The van der Waals surface area contributed by atoms with Crippen LogP contribution in [0, 0.1) is 5.82 Å². The fourth-order valence-corrected chi connectivity index (χ4v) is 2.51. The molecule has 0 saturated carbocycles. The van der Waals surface area contributed by atoms with Crippen molar-refractivity contribution in [1.29, 1.82) is 0 Å². The first-order valence-corrected chi connectivity index (χ1v) is 7.24. The minimum Gasteiger partial charge on any atom is -0.424 e. The van der Waals surface area contributed by atoms with Gasteiger partial charge in [-0.2, -0.15) is 0 Å². The van der Waals surface area contributed by atoms with Crippen LogP contribution in [0.3, 0.4) is 0 Å². The third-order valence-corrected chi connectivity index (χ3v) is 3.68. The first-order valence-electron chi connectivity index (χ1n) is 7.24. The van der Waals surface area contributed by atoms with Gasteiger partial charge >= 0.3 is 0 Å². The molecule has 4 nitrogen and oxygen atoms in total. The first-order chi connectivity index (χ1) is 10.3. The maximum absolute atomic E-state index is 13.8. The lowest BCUT2D eigenvalue weighted by atomic mass is 9.99. The summed E-state index contributed by atoms with van der Waals surface area (Å²) in [4.78, 5) is 2.22. The largest absolute Gasteiger partial charge is 0.424 e. The lowest BCUT2D eigenvalue weighted by Gasteiger charge is -2.25. The lowest BCUT2D eigenvalue weighted by molar-refractivity contribution is 0.259. The molecule has 5 heteroatoms. The topological polar surface area (TPSA) is 42.2 Å². The van der Waals surface area contributed by atoms with E-state index in [2.05, 4.69) is 21.2 Å². The summed E-state index contributed by atoms with van der Waals surface area (Å²) in [6.07, 6.45) is 3.67. The molecule has 0 amide bonds. The Kier molecular flexibility index (Phi) is 4.10. The molecular weight excluding hydrogens is 269 g/mol. The Bertz CT molecular complexity index is 650. The van der Waals surface area contributed by atoms with Gasteiger partial charge in [-0.25, -0.2) is 4.39 Å². The van der Waals surface area contributed by atoms with Crippen molar-refractivity contribution in [1.82, 2.24) is 15.1 Å². The van der Waals surface area contributed by atoms with Crippen LogP contribution in [0.4, 0.5) is 4.39 Å². The second kappa shape index (κ2) is 6.18. The molecule has 0 spiro atoms. The smallest absolute Gasteiger partial charge is 0.230 e. The quantitative estimate of drug-likeness (QED) is 0.866. The standard InChI is InChI=1S/C16H18FN3O/c1-2-15-18-19-16(21-15)11-20-9-7-12(8-10-20)13-5-3-4-6-14(13)17/h3-7H,2,8-11H2,1H3. The van der Waals surface area contributed by atoms with Crippen LogP contribution in [0.5, 0.6) is 0 Å². The summed E-state index contributed by atoms with van der Waals surface area (Å²) in [6, 6.07) is 6.93. The highest BCUT2D eigenvalue weighted by Crippen LogP contribution is 2.25. The summed E-state index contributed by atoms with van der Waals surface area (Å²) >= 11 is 0. The Morgan fingerprint density at radius 1 is 1.24 bits per heavy atom. The molecule has 110 valence electrons. The molecule has 1 aliphatic heterocycles. The summed E-state index contributed by atoms with van der Waals surface area (Å²) in [5.41, 5.74) is 1.78. The van der Waals surface area contributed by atoms with Crippen LogP contribution < -0.4 is 0 Å². The van der Waals surface area contributed by atoms with Gasteiger partial charge in [0.1, 0.15) is 5.82 Å². The lowest BCUT2D eigenvalue weighted by Crippen LogP contribution is -2.28. The summed E-state index contributed by atoms with van der Waals surface area (Å²) in [6.45, 7) is 4.27. The molecule has 2 aromatic rings. The van der Waals surface area contributed by atoms with Crippen LogP contribution in [0.25, 0.3) is 5.57 Å². The second-order valence-electron chi connectivity index (χ2n) is 5.14. The van der Waals surface area contributed by atoms with Gasteiger partial charge in [-0.05, 0) is 18.1 Å². The fraction of sp³-hybridized carbons (Fsp3) is 0.375. The minimum absolute atomic E-state index is 0.151. The number of nitrogens with zero attached hydrogens (tertiary/aromatic N) is 3. The van der Waals surface area contributed by atoms with E-state index in [0.29, 0.717) is 23.9 Å². The summed E-state index contributed by atoms with van der Waals surface area (Å²) < 4.78 is 19.3. The van der Waals surface area contributed by atoms with E-state index >= 15 is 0 Å². The normalized spacial score (nSPS) is 16.0. The number of rotatable bonds is 4. The first kappa shape index (κ1) is 13.9. The van der Waals surface area contributed by atoms with E-state index in [9.17, 15) is 4.39 Å². The van der Waals surface area contributed by atoms with Crippen LogP contribution in [-0.4, -0.2) is 28.2 Å². The van der Waals surface area contributed by atoms with Crippen LogP contribution in [0.2, 0.25) is 0 Å². The number of aryl methyl sites for hydroxylation is 1. The maximum atomic E-state index is 13.8. The fourth-order valence-electron chi connectivity index (χ4n) is 2.51.